The van der Waals surface area contributed by atoms with Gasteiger partial charge in [-0.2, -0.15) is 0 Å². The van der Waals surface area contributed by atoms with Crippen LogP contribution in [0.4, 0.5) is 0 Å². The van der Waals surface area contributed by atoms with Gasteiger partial charge in [0.15, 0.2) is 0 Å². The minimum Gasteiger partial charge on any atom is -0.339 e. The summed E-state index contributed by atoms with van der Waals surface area (Å²) < 4.78 is 0. The van der Waals surface area contributed by atoms with E-state index in [1.807, 2.05) is 7.05 Å². The average molecular weight is 296 g/mol. The van der Waals surface area contributed by atoms with Crippen LogP contribution in [-0.4, -0.2) is 36.0 Å². The topological polar surface area (TPSA) is 32.3 Å². The highest BCUT2D eigenvalue weighted by Crippen LogP contribution is 2.31. The number of hydrogen-bond donors (Lipinski definition) is 1. The summed E-state index contributed by atoms with van der Waals surface area (Å²) in [5, 5.41) is 3.48. The molecule has 1 aliphatic rings. The minimum atomic E-state index is 0.0522. The quantitative estimate of drug-likeness (QED) is 0.735. The van der Waals surface area contributed by atoms with Crippen molar-refractivity contribution in [3.8, 4) is 0 Å². The van der Waals surface area contributed by atoms with Crippen LogP contribution in [0.5, 0.6) is 0 Å². The zero-order valence-electron chi connectivity index (χ0n) is 14.9. The van der Waals surface area contributed by atoms with Crippen LogP contribution >= 0.6 is 0 Å². The van der Waals surface area contributed by atoms with E-state index in [-0.39, 0.29) is 5.54 Å². The van der Waals surface area contributed by atoms with Gasteiger partial charge < -0.3 is 10.2 Å². The molecule has 21 heavy (non-hydrogen) atoms. The Morgan fingerprint density at radius 3 is 2.14 bits per heavy atom. The number of nitrogens with zero attached hydrogens (tertiary/aromatic N) is 1. The molecule has 0 radical (unpaired) electrons. The maximum atomic E-state index is 13.0. The Labute approximate surface area is 131 Å². The number of rotatable bonds is 8. The van der Waals surface area contributed by atoms with Crippen molar-refractivity contribution >= 4 is 5.91 Å². The first-order chi connectivity index (χ1) is 9.98. The molecule has 0 spiro atoms. The second-order valence-corrected chi connectivity index (χ2v) is 7.18. The second-order valence-electron chi connectivity index (χ2n) is 7.18. The highest BCUT2D eigenvalue weighted by molar-refractivity contribution is 5.78. The molecule has 0 aliphatic heterocycles. The van der Waals surface area contributed by atoms with E-state index in [1.54, 1.807) is 0 Å². The monoisotopic (exact) mass is 296 g/mol. The lowest BCUT2D eigenvalue weighted by molar-refractivity contribution is -0.136. The molecule has 1 amide bonds. The number of amides is 1. The molecular weight excluding hydrogens is 260 g/mol. The predicted octanol–water partition coefficient (Wildman–Crippen LogP) is 3.97. The van der Waals surface area contributed by atoms with Crippen molar-refractivity contribution in [2.45, 2.75) is 90.6 Å². The maximum Gasteiger partial charge on any atom is 0.224 e. The Bertz CT molecular complexity index is 304. The standard InChI is InChI=1S/C18H36N2O/c1-6-16(7-2)20(14-15(3)4)17(21)13-18(19-5)11-9-8-10-12-18/h15-16,19H,6-14H2,1-5H3. The van der Waals surface area contributed by atoms with Crippen LogP contribution in [0.15, 0.2) is 0 Å². The van der Waals surface area contributed by atoms with E-state index < -0.39 is 0 Å². The molecule has 1 N–H and O–H groups in total. The SMILES string of the molecule is CCC(CC)N(CC(C)C)C(=O)CC1(NC)CCCCC1. The first kappa shape index (κ1) is 18.5. The second kappa shape index (κ2) is 8.77. The van der Waals surface area contributed by atoms with Gasteiger partial charge in [0, 0.05) is 24.5 Å². The van der Waals surface area contributed by atoms with Crippen LogP contribution in [0.3, 0.4) is 0 Å². The molecule has 1 saturated carbocycles. The van der Waals surface area contributed by atoms with Crippen LogP contribution in [0.1, 0.15) is 79.1 Å². The molecular formula is C18H36N2O. The number of nitrogens with one attached hydrogen (secondary N) is 1. The van der Waals surface area contributed by atoms with Gasteiger partial charge in [-0.3, -0.25) is 4.79 Å². The number of carbonyl (C=O) groups excluding carboxylic acids is 1. The molecule has 0 bridgehead atoms. The largest absolute Gasteiger partial charge is 0.339 e. The Morgan fingerprint density at radius 2 is 1.71 bits per heavy atom. The lowest BCUT2D eigenvalue weighted by Crippen LogP contribution is -2.51. The van der Waals surface area contributed by atoms with Gasteiger partial charge in [-0.15, -0.1) is 0 Å². The molecule has 0 aromatic rings. The Balaban J connectivity index is 2.78. The Morgan fingerprint density at radius 1 is 1.14 bits per heavy atom. The van der Waals surface area contributed by atoms with Gasteiger partial charge in [-0.1, -0.05) is 47.0 Å². The predicted molar refractivity (Wildman–Crippen MR) is 90.4 cm³/mol. The molecule has 0 heterocycles. The van der Waals surface area contributed by atoms with Gasteiger partial charge in [0.2, 0.25) is 5.91 Å². The number of hydrogen-bond acceptors (Lipinski definition) is 2. The van der Waals surface area contributed by atoms with Gasteiger partial charge >= 0.3 is 0 Å². The Hall–Kier alpha value is -0.570. The van der Waals surface area contributed by atoms with E-state index in [2.05, 4.69) is 37.9 Å². The van der Waals surface area contributed by atoms with Crippen molar-refractivity contribution in [2.75, 3.05) is 13.6 Å². The first-order valence-corrected chi connectivity index (χ1v) is 8.96. The summed E-state index contributed by atoms with van der Waals surface area (Å²) >= 11 is 0. The van der Waals surface area contributed by atoms with Crippen molar-refractivity contribution in [3.05, 3.63) is 0 Å². The van der Waals surface area contributed by atoms with Crippen molar-refractivity contribution in [3.63, 3.8) is 0 Å². The van der Waals surface area contributed by atoms with Crippen LogP contribution in [0.2, 0.25) is 0 Å². The summed E-state index contributed by atoms with van der Waals surface area (Å²) in [4.78, 5) is 15.1. The summed E-state index contributed by atoms with van der Waals surface area (Å²) in [5.74, 6) is 0.889. The maximum absolute atomic E-state index is 13.0. The summed E-state index contributed by atoms with van der Waals surface area (Å²) in [7, 11) is 2.03. The smallest absolute Gasteiger partial charge is 0.224 e. The molecule has 0 aromatic carbocycles. The molecule has 0 aromatic heterocycles. The summed E-state index contributed by atoms with van der Waals surface area (Å²) in [6, 6.07) is 0.400. The molecule has 124 valence electrons. The first-order valence-electron chi connectivity index (χ1n) is 8.96. The molecule has 3 heteroatoms. The van der Waals surface area contributed by atoms with E-state index in [1.165, 1.54) is 19.3 Å². The lowest BCUT2D eigenvalue weighted by atomic mass is 9.79. The molecule has 1 rings (SSSR count). The zero-order chi connectivity index (χ0) is 15.9. The van der Waals surface area contributed by atoms with Crippen LogP contribution in [0, 0.1) is 5.92 Å². The normalized spacial score (nSPS) is 18.2. The van der Waals surface area contributed by atoms with Crippen LogP contribution < -0.4 is 5.32 Å². The summed E-state index contributed by atoms with van der Waals surface area (Å²) in [6.07, 6.45) is 8.91. The van der Waals surface area contributed by atoms with Crippen molar-refractivity contribution < 1.29 is 4.79 Å². The average Bonchev–Trinajstić information content (AvgIpc) is 2.48. The molecule has 0 unspecified atom stereocenters. The molecule has 0 atom stereocenters. The van der Waals surface area contributed by atoms with Gasteiger partial charge in [0.05, 0.1) is 0 Å². The van der Waals surface area contributed by atoms with Crippen molar-refractivity contribution in [1.82, 2.24) is 10.2 Å². The fraction of sp³-hybridized carbons (Fsp3) is 0.944. The molecule has 1 aliphatic carbocycles. The highest BCUT2D eigenvalue weighted by Gasteiger charge is 2.35. The van der Waals surface area contributed by atoms with E-state index in [9.17, 15) is 4.79 Å². The van der Waals surface area contributed by atoms with Gasteiger partial charge in [0.1, 0.15) is 0 Å². The van der Waals surface area contributed by atoms with Gasteiger partial charge in [-0.25, -0.2) is 0 Å². The number of carbonyl (C=O) groups is 1. The fourth-order valence-electron chi connectivity index (χ4n) is 3.71. The highest BCUT2D eigenvalue weighted by atomic mass is 16.2. The van der Waals surface area contributed by atoms with Crippen molar-refractivity contribution in [1.29, 1.82) is 0 Å². The van der Waals surface area contributed by atoms with Crippen molar-refractivity contribution in [2.24, 2.45) is 5.92 Å². The zero-order valence-corrected chi connectivity index (χ0v) is 14.9. The van der Waals surface area contributed by atoms with E-state index >= 15 is 0 Å². The third-order valence-electron chi connectivity index (χ3n) is 5.10. The molecule has 0 saturated heterocycles. The third-order valence-corrected chi connectivity index (χ3v) is 5.10. The summed E-state index contributed by atoms with van der Waals surface area (Å²) in [6.45, 7) is 9.70. The van der Waals surface area contributed by atoms with Crippen LogP contribution in [-0.2, 0) is 4.79 Å². The van der Waals surface area contributed by atoms with E-state index in [0.29, 0.717) is 24.3 Å². The van der Waals surface area contributed by atoms with Gasteiger partial charge in [0.25, 0.3) is 0 Å². The molecule has 3 nitrogen and oxygen atoms in total. The summed E-state index contributed by atoms with van der Waals surface area (Å²) in [5.41, 5.74) is 0.0522. The molecule has 1 fully saturated rings. The van der Waals surface area contributed by atoms with Gasteiger partial charge in [-0.05, 0) is 38.6 Å². The van der Waals surface area contributed by atoms with E-state index in [0.717, 1.165) is 32.2 Å². The lowest BCUT2D eigenvalue weighted by Gasteiger charge is -2.40. The Kier molecular flexibility index (Phi) is 7.72. The fourth-order valence-corrected chi connectivity index (χ4v) is 3.71. The third kappa shape index (κ3) is 5.28. The van der Waals surface area contributed by atoms with E-state index in [4.69, 9.17) is 0 Å². The minimum absolute atomic E-state index is 0.0522. The van der Waals surface area contributed by atoms with Crippen LogP contribution in [0.25, 0.3) is 0 Å².